The monoisotopic (exact) mass is 345 g/mol. The first kappa shape index (κ1) is 17.4. The molecule has 0 aliphatic carbocycles. The molecule has 0 saturated carbocycles. The van der Waals surface area contributed by atoms with Crippen LogP contribution in [0.1, 0.15) is 33.3 Å². The van der Waals surface area contributed by atoms with Crippen LogP contribution in [0.5, 0.6) is 0 Å². The normalized spacial score (nSPS) is 19.9. The van der Waals surface area contributed by atoms with Gasteiger partial charge in [0.25, 0.3) is 0 Å². The Morgan fingerprint density at radius 1 is 1.21 bits per heavy atom. The predicted molar refractivity (Wildman–Crippen MR) is 97.7 cm³/mol. The summed E-state index contributed by atoms with van der Waals surface area (Å²) < 4.78 is 12.2. The lowest BCUT2D eigenvalue weighted by Crippen LogP contribution is -2.41. The Kier molecular flexibility index (Phi) is 4.42. The predicted octanol–water partition coefficient (Wildman–Crippen LogP) is 3.26. The van der Waals surface area contributed by atoms with Gasteiger partial charge in [-0.25, -0.2) is 9.97 Å². The molecule has 126 valence electrons. The van der Waals surface area contributed by atoms with Gasteiger partial charge >= 0.3 is 7.12 Å². The van der Waals surface area contributed by atoms with Crippen molar-refractivity contribution in [1.82, 2.24) is 9.97 Å². The third-order valence-electron chi connectivity index (χ3n) is 4.75. The van der Waals surface area contributed by atoms with E-state index in [4.69, 9.17) is 26.6 Å². The highest BCUT2D eigenvalue weighted by molar-refractivity contribution is 6.55. The smallest absolute Gasteiger partial charge is 0.400 e. The Morgan fingerprint density at radius 2 is 1.88 bits per heavy atom. The average Bonchev–Trinajstić information content (AvgIpc) is 2.73. The largest absolute Gasteiger partial charge is 0.491 e. The maximum Gasteiger partial charge on any atom is 0.491 e. The van der Waals surface area contributed by atoms with E-state index < -0.39 is 18.3 Å². The van der Waals surface area contributed by atoms with Gasteiger partial charge in [0.2, 0.25) is 0 Å². The van der Waals surface area contributed by atoms with Gasteiger partial charge in [-0.15, -0.1) is 0 Å². The fourth-order valence-electron chi connectivity index (χ4n) is 2.56. The van der Waals surface area contributed by atoms with E-state index in [2.05, 4.69) is 9.97 Å². The molecule has 7 heteroatoms. The molecule has 0 radical (unpaired) electrons. The second-order valence-corrected chi connectivity index (χ2v) is 7.31. The third kappa shape index (κ3) is 3.07. The van der Waals surface area contributed by atoms with E-state index in [-0.39, 0.29) is 0 Å². The Labute approximate surface area is 147 Å². The van der Waals surface area contributed by atoms with Crippen LogP contribution >= 0.6 is 11.6 Å². The molecule has 1 saturated heterocycles. The van der Waals surface area contributed by atoms with E-state index in [1.54, 1.807) is 0 Å². The van der Waals surface area contributed by atoms with Crippen molar-refractivity contribution in [2.45, 2.75) is 38.9 Å². The molecule has 24 heavy (non-hydrogen) atoms. The van der Waals surface area contributed by atoms with Crippen molar-refractivity contribution >= 4 is 35.7 Å². The summed E-state index contributed by atoms with van der Waals surface area (Å²) in [6.45, 7) is 8.43. The number of nitrogens with two attached hydrogens (primary N) is 1. The van der Waals surface area contributed by atoms with Crippen LogP contribution in [0, 0.1) is 0 Å². The maximum absolute atomic E-state index is 6.16. The summed E-state index contributed by atoms with van der Waals surface area (Å²) in [6, 6.07) is 5.82. The van der Waals surface area contributed by atoms with Gasteiger partial charge in [-0.1, -0.05) is 23.7 Å². The molecule has 0 unspecified atom stereocenters. The molecule has 2 heterocycles. The van der Waals surface area contributed by atoms with Gasteiger partial charge in [-0.3, -0.25) is 0 Å². The molecule has 1 aliphatic rings. The standard InChI is InChI=1S/C17H21BClN3O2/c1-16(2)17(3,4)24-18(23-16)12(9-20)7-11-5-6-14-13(8-11)15(19)22-10-21-14/h5-8,10H,9,20H2,1-4H3. The van der Waals surface area contributed by atoms with E-state index >= 15 is 0 Å². The van der Waals surface area contributed by atoms with Crippen LogP contribution in [0.2, 0.25) is 5.15 Å². The zero-order chi connectivity index (χ0) is 17.5. The minimum absolute atomic E-state index is 0.341. The van der Waals surface area contributed by atoms with Crippen molar-refractivity contribution in [3.63, 3.8) is 0 Å². The van der Waals surface area contributed by atoms with Crippen LogP contribution < -0.4 is 5.73 Å². The van der Waals surface area contributed by atoms with Gasteiger partial charge in [0.05, 0.1) is 16.7 Å². The Balaban J connectivity index is 1.96. The SMILES string of the molecule is CC1(C)OB(C(=Cc2ccc3ncnc(Cl)c3c2)CN)OC1(C)C. The zero-order valence-electron chi connectivity index (χ0n) is 14.3. The van der Waals surface area contributed by atoms with Crippen molar-refractivity contribution in [3.05, 3.63) is 40.7 Å². The van der Waals surface area contributed by atoms with Gasteiger partial charge in [-0.2, -0.15) is 0 Å². The molecule has 1 aromatic heterocycles. The van der Waals surface area contributed by atoms with Crippen molar-refractivity contribution in [2.24, 2.45) is 5.73 Å². The zero-order valence-corrected chi connectivity index (χ0v) is 15.1. The summed E-state index contributed by atoms with van der Waals surface area (Å²) in [7, 11) is -0.460. The van der Waals surface area contributed by atoms with E-state index in [0.717, 1.165) is 21.9 Å². The number of rotatable bonds is 3. The Morgan fingerprint density at radius 3 is 2.50 bits per heavy atom. The average molecular weight is 346 g/mol. The molecular formula is C17H21BClN3O2. The van der Waals surface area contributed by atoms with Crippen LogP contribution in [0.3, 0.4) is 0 Å². The lowest BCUT2D eigenvalue weighted by molar-refractivity contribution is 0.00578. The first-order chi connectivity index (χ1) is 11.2. The van der Waals surface area contributed by atoms with Crippen molar-refractivity contribution in [3.8, 4) is 0 Å². The molecular weight excluding hydrogens is 324 g/mol. The van der Waals surface area contributed by atoms with Crippen molar-refractivity contribution < 1.29 is 9.31 Å². The number of aromatic nitrogens is 2. The van der Waals surface area contributed by atoms with Gasteiger partial charge in [-0.05, 0) is 50.9 Å². The molecule has 0 amide bonds. The van der Waals surface area contributed by atoms with Crippen LogP contribution in [0.4, 0.5) is 0 Å². The number of hydrogen-bond donors (Lipinski definition) is 1. The number of benzene rings is 1. The van der Waals surface area contributed by atoms with E-state index in [0.29, 0.717) is 11.7 Å². The van der Waals surface area contributed by atoms with Crippen LogP contribution in [0.25, 0.3) is 17.0 Å². The molecule has 1 fully saturated rings. The van der Waals surface area contributed by atoms with Crippen molar-refractivity contribution in [1.29, 1.82) is 0 Å². The second kappa shape index (κ2) is 6.12. The van der Waals surface area contributed by atoms with Crippen LogP contribution in [-0.4, -0.2) is 34.8 Å². The molecule has 5 nitrogen and oxygen atoms in total. The second-order valence-electron chi connectivity index (χ2n) is 6.95. The lowest BCUT2D eigenvalue weighted by Gasteiger charge is -2.32. The number of fused-ring (bicyclic) bond motifs is 1. The van der Waals surface area contributed by atoms with Crippen molar-refractivity contribution in [2.75, 3.05) is 6.54 Å². The highest BCUT2D eigenvalue weighted by Crippen LogP contribution is 2.38. The molecule has 0 spiro atoms. The topological polar surface area (TPSA) is 70.3 Å². The summed E-state index contributed by atoms with van der Waals surface area (Å²) in [6.07, 6.45) is 3.43. The third-order valence-corrected chi connectivity index (χ3v) is 5.06. The van der Waals surface area contributed by atoms with Gasteiger partial charge in [0, 0.05) is 11.9 Å². The molecule has 0 atom stereocenters. The molecule has 3 rings (SSSR count). The summed E-state index contributed by atoms with van der Waals surface area (Å²) in [5.74, 6) is 0. The molecule has 2 aromatic rings. The van der Waals surface area contributed by atoms with Gasteiger partial charge in [0.1, 0.15) is 11.5 Å². The summed E-state index contributed by atoms with van der Waals surface area (Å²) in [5.41, 5.74) is 7.78. The van der Waals surface area contributed by atoms with E-state index in [9.17, 15) is 0 Å². The van der Waals surface area contributed by atoms with Crippen LogP contribution in [0.15, 0.2) is 30.0 Å². The fraction of sp³-hybridized carbons (Fsp3) is 0.412. The maximum atomic E-state index is 6.16. The van der Waals surface area contributed by atoms with E-state index in [1.165, 1.54) is 6.33 Å². The molecule has 0 bridgehead atoms. The first-order valence-corrected chi connectivity index (χ1v) is 8.28. The Hall–Kier alpha value is -1.47. The first-order valence-electron chi connectivity index (χ1n) is 7.90. The fourth-order valence-corrected chi connectivity index (χ4v) is 2.76. The number of hydrogen-bond acceptors (Lipinski definition) is 5. The number of nitrogens with zero attached hydrogens (tertiary/aromatic N) is 2. The minimum Gasteiger partial charge on any atom is -0.400 e. The molecule has 2 N–H and O–H groups in total. The molecule has 1 aliphatic heterocycles. The lowest BCUT2D eigenvalue weighted by atomic mass is 9.77. The summed E-state index contributed by atoms with van der Waals surface area (Å²) in [4.78, 5) is 8.23. The Bertz CT molecular complexity index is 792. The van der Waals surface area contributed by atoms with Gasteiger partial charge < -0.3 is 15.0 Å². The highest BCUT2D eigenvalue weighted by atomic mass is 35.5. The van der Waals surface area contributed by atoms with Gasteiger partial charge in [0.15, 0.2) is 0 Å². The quantitative estimate of drug-likeness (QED) is 0.683. The number of halogens is 1. The molecule has 1 aromatic carbocycles. The van der Waals surface area contributed by atoms with E-state index in [1.807, 2.05) is 52.0 Å². The summed E-state index contributed by atoms with van der Waals surface area (Å²) in [5, 5.41) is 1.23. The highest BCUT2D eigenvalue weighted by Gasteiger charge is 2.52. The van der Waals surface area contributed by atoms with Crippen LogP contribution in [-0.2, 0) is 9.31 Å². The summed E-state index contributed by atoms with van der Waals surface area (Å²) >= 11 is 6.16. The minimum atomic E-state index is -0.460.